The van der Waals surface area contributed by atoms with E-state index >= 15 is 0 Å². The van der Waals surface area contributed by atoms with Crippen molar-refractivity contribution >= 4 is 23.1 Å². The lowest BCUT2D eigenvalue weighted by atomic mass is 10.3. The zero-order valence-electron chi connectivity index (χ0n) is 9.23. The lowest BCUT2D eigenvalue weighted by molar-refractivity contribution is 0.174. The summed E-state index contributed by atoms with van der Waals surface area (Å²) >= 11 is 3.48. The van der Waals surface area contributed by atoms with Crippen LogP contribution in [0.1, 0.15) is 13.3 Å². The van der Waals surface area contributed by atoms with Gasteiger partial charge in [0.25, 0.3) is 0 Å². The molecule has 1 aromatic rings. The van der Waals surface area contributed by atoms with Gasteiger partial charge < -0.3 is 10.1 Å². The van der Waals surface area contributed by atoms with E-state index in [1.165, 1.54) is 0 Å². The summed E-state index contributed by atoms with van der Waals surface area (Å²) in [6.45, 7) is 3.98. The number of nitrogens with one attached hydrogen (secondary N) is 1. The lowest BCUT2D eigenvalue weighted by Gasteiger charge is -2.16. The minimum atomic E-state index is 0.420. The maximum atomic E-state index is 5.18. The Morgan fingerprint density at radius 2 is 2.53 bits per heavy atom. The predicted molar refractivity (Wildman–Crippen MR) is 66.8 cm³/mol. The molecule has 0 aliphatic carbocycles. The number of thiazole rings is 1. The summed E-state index contributed by atoms with van der Waals surface area (Å²) in [5, 5.41) is 5.47. The molecule has 0 fully saturated rings. The van der Waals surface area contributed by atoms with Gasteiger partial charge in [0.2, 0.25) is 0 Å². The molecule has 0 spiro atoms. The van der Waals surface area contributed by atoms with E-state index in [0.717, 1.165) is 29.7 Å². The van der Waals surface area contributed by atoms with Crippen LogP contribution in [0.2, 0.25) is 0 Å². The van der Waals surface area contributed by atoms with E-state index in [1.54, 1.807) is 30.2 Å². The Morgan fingerprint density at radius 1 is 1.67 bits per heavy atom. The van der Waals surface area contributed by atoms with Crippen LogP contribution >= 0.6 is 23.1 Å². The van der Waals surface area contributed by atoms with E-state index in [2.05, 4.69) is 17.2 Å². The number of thioether (sulfide) groups is 1. The van der Waals surface area contributed by atoms with Crippen LogP contribution in [0.15, 0.2) is 15.9 Å². The van der Waals surface area contributed by atoms with Crippen LogP contribution in [-0.2, 0) is 4.74 Å². The Labute approximate surface area is 99.6 Å². The van der Waals surface area contributed by atoms with E-state index in [0.29, 0.717) is 6.04 Å². The van der Waals surface area contributed by atoms with Crippen LogP contribution < -0.4 is 5.32 Å². The predicted octanol–water partition coefficient (Wildman–Crippen LogP) is 2.25. The molecule has 0 aliphatic rings. The molecule has 0 saturated carbocycles. The first-order chi connectivity index (χ1) is 7.36. The zero-order valence-corrected chi connectivity index (χ0v) is 10.9. The molecular weight excluding hydrogens is 228 g/mol. The molecule has 86 valence electrons. The van der Waals surface area contributed by atoms with Gasteiger partial charge in [-0.05, 0) is 13.0 Å². The largest absolute Gasteiger partial charge is 0.383 e. The first-order valence-corrected chi connectivity index (χ1v) is 6.98. The number of methoxy groups -OCH3 is 1. The van der Waals surface area contributed by atoms with Gasteiger partial charge in [-0.25, -0.2) is 4.98 Å². The molecular formula is C10H18N2OS2. The van der Waals surface area contributed by atoms with Gasteiger partial charge >= 0.3 is 0 Å². The SMILES string of the molecule is CCCNC(COC)CSc1nccs1. The normalized spacial score (nSPS) is 12.9. The van der Waals surface area contributed by atoms with E-state index in [1.807, 2.05) is 11.6 Å². The number of nitrogens with zero attached hydrogens (tertiary/aromatic N) is 1. The van der Waals surface area contributed by atoms with Crippen molar-refractivity contribution in [1.82, 2.24) is 10.3 Å². The van der Waals surface area contributed by atoms with Gasteiger partial charge in [-0.1, -0.05) is 18.7 Å². The topological polar surface area (TPSA) is 34.1 Å². The number of hydrogen-bond donors (Lipinski definition) is 1. The standard InChI is InChI=1S/C10H18N2OS2/c1-3-4-11-9(7-13-2)8-15-10-12-5-6-14-10/h5-6,9,11H,3-4,7-8H2,1-2H3. The van der Waals surface area contributed by atoms with Crippen LogP contribution in [-0.4, -0.2) is 37.0 Å². The molecule has 0 aliphatic heterocycles. The number of ether oxygens (including phenoxy) is 1. The zero-order chi connectivity index (χ0) is 10.9. The van der Waals surface area contributed by atoms with E-state index in [9.17, 15) is 0 Å². The first-order valence-electron chi connectivity index (χ1n) is 5.11. The van der Waals surface area contributed by atoms with Gasteiger partial charge in [0.15, 0.2) is 0 Å². The summed E-state index contributed by atoms with van der Waals surface area (Å²) in [5.41, 5.74) is 0. The summed E-state index contributed by atoms with van der Waals surface area (Å²) in [6, 6.07) is 0.420. The molecule has 5 heteroatoms. The Balaban J connectivity index is 2.24. The van der Waals surface area contributed by atoms with Crippen LogP contribution in [0.4, 0.5) is 0 Å². The van der Waals surface area contributed by atoms with Crippen LogP contribution in [0.3, 0.4) is 0 Å². The molecule has 3 nitrogen and oxygen atoms in total. The first kappa shape index (κ1) is 13.0. The second-order valence-electron chi connectivity index (χ2n) is 3.22. The van der Waals surface area contributed by atoms with Crippen LogP contribution in [0.25, 0.3) is 0 Å². The third kappa shape index (κ3) is 5.51. The fraction of sp³-hybridized carbons (Fsp3) is 0.700. The Hall–Kier alpha value is -0.100. The fourth-order valence-corrected chi connectivity index (χ4v) is 2.87. The Kier molecular flexibility index (Phi) is 7.00. The smallest absolute Gasteiger partial charge is 0.149 e. The third-order valence-corrected chi connectivity index (χ3v) is 4.00. The minimum Gasteiger partial charge on any atom is -0.383 e. The molecule has 1 heterocycles. The number of aromatic nitrogens is 1. The lowest BCUT2D eigenvalue weighted by Crippen LogP contribution is -2.35. The average molecular weight is 246 g/mol. The van der Waals surface area contributed by atoms with Crippen molar-refractivity contribution in [3.8, 4) is 0 Å². The molecule has 0 aromatic carbocycles. The summed E-state index contributed by atoms with van der Waals surface area (Å²) in [7, 11) is 1.74. The van der Waals surface area contributed by atoms with Crippen LogP contribution in [0, 0.1) is 0 Å². The van der Waals surface area contributed by atoms with Crippen LogP contribution in [0.5, 0.6) is 0 Å². The quantitative estimate of drug-likeness (QED) is 0.713. The minimum absolute atomic E-state index is 0.420. The average Bonchev–Trinajstić information content (AvgIpc) is 2.75. The molecule has 1 unspecified atom stereocenters. The maximum Gasteiger partial charge on any atom is 0.149 e. The van der Waals surface area contributed by atoms with Crippen molar-refractivity contribution in [2.24, 2.45) is 0 Å². The third-order valence-electron chi connectivity index (χ3n) is 1.87. The van der Waals surface area contributed by atoms with E-state index in [4.69, 9.17) is 4.74 Å². The molecule has 0 saturated heterocycles. The van der Waals surface area contributed by atoms with Crippen molar-refractivity contribution in [3.63, 3.8) is 0 Å². The number of rotatable bonds is 8. The van der Waals surface area contributed by atoms with Gasteiger partial charge in [-0.2, -0.15) is 0 Å². The highest BCUT2D eigenvalue weighted by atomic mass is 32.2. The molecule has 0 bridgehead atoms. The molecule has 15 heavy (non-hydrogen) atoms. The van der Waals surface area contributed by atoms with Gasteiger partial charge in [-0.15, -0.1) is 11.3 Å². The highest BCUT2D eigenvalue weighted by Gasteiger charge is 2.08. The molecule has 1 rings (SSSR count). The van der Waals surface area contributed by atoms with Crippen molar-refractivity contribution in [2.75, 3.05) is 26.0 Å². The van der Waals surface area contributed by atoms with E-state index < -0.39 is 0 Å². The molecule has 1 atom stereocenters. The van der Waals surface area contributed by atoms with Gasteiger partial charge in [0.1, 0.15) is 4.34 Å². The second kappa shape index (κ2) is 8.10. The van der Waals surface area contributed by atoms with Crippen molar-refractivity contribution in [3.05, 3.63) is 11.6 Å². The summed E-state index contributed by atoms with van der Waals surface area (Å²) in [4.78, 5) is 4.24. The molecule has 1 N–H and O–H groups in total. The molecule has 1 aromatic heterocycles. The molecule has 0 radical (unpaired) electrons. The summed E-state index contributed by atoms with van der Waals surface area (Å²) in [6.07, 6.45) is 3.00. The fourth-order valence-electron chi connectivity index (χ4n) is 1.17. The van der Waals surface area contributed by atoms with Crippen molar-refractivity contribution in [1.29, 1.82) is 0 Å². The van der Waals surface area contributed by atoms with Gasteiger partial charge in [0.05, 0.1) is 6.61 Å². The Bertz CT molecular complexity index is 242. The second-order valence-corrected chi connectivity index (χ2v) is 5.38. The van der Waals surface area contributed by atoms with Gasteiger partial charge in [-0.3, -0.25) is 0 Å². The Morgan fingerprint density at radius 3 is 3.13 bits per heavy atom. The maximum absolute atomic E-state index is 5.18. The monoisotopic (exact) mass is 246 g/mol. The van der Waals surface area contributed by atoms with Gasteiger partial charge in [0, 0.05) is 30.5 Å². The summed E-state index contributed by atoms with van der Waals surface area (Å²) < 4.78 is 6.31. The van der Waals surface area contributed by atoms with Crippen molar-refractivity contribution < 1.29 is 4.74 Å². The highest BCUT2D eigenvalue weighted by molar-refractivity contribution is 8.01. The number of hydrogen-bond acceptors (Lipinski definition) is 5. The van der Waals surface area contributed by atoms with E-state index in [-0.39, 0.29) is 0 Å². The highest BCUT2D eigenvalue weighted by Crippen LogP contribution is 2.20. The van der Waals surface area contributed by atoms with Crippen molar-refractivity contribution in [2.45, 2.75) is 23.7 Å². The summed E-state index contributed by atoms with van der Waals surface area (Å²) in [5.74, 6) is 1.02. The molecule has 0 amide bonds.